The quantitative estimate of drug-likeness (QED) is 0.396. The number of fused-ring (bicyclic) bond motifs is 2. The number of hydrogen-bond acceptors (Lipinski definition) is 11. The standard InChI is InChI=1S/C24H35N9O4/c1-35-12-10-32(11-13-36-2)23-28-20-19(21(29-23)31-7-4-16(37-3)5-8-31)27-24(30-22(20)34)33-9-6-17-18(14-33)26-15-25-17/h15-16H,4-14H2,1-3H3,(H,25,26)(H,27,30,34). The molecule has 1 fully saturated rings. The Bertz CT molecular complexity index is 1250. The second-order valence-corrected chi connectivity index (χ2v) is 9.33. The van der Waals surface area contributed by atoms with E-state index >= 15 is 0 Å². The average Bonchev–Trinajstić information content (AvgIpc) is 3.41. The van der Waals surface area contributed by atoms with E-state index in [1.54, 1.807) is 27.7 Å². The second-order valence-electron chi connectivity index (χ2n) is 9.33. The number of nitrogens with zero attached hydrogens (tertiary/aromatic N) is 7. The lowest BCUT2D eigenvalue weighted by Crippen LogP contribution is -2.39. The number of piperidine rings is 1. The van der Waals surface area contributed by atoms with Crippen LogP contribution >= 0.6 is 0 Å². The van der Waals surface area contributed by atoms with Gasteiger partial charge in [0, 0.05) is 60.5 Å². The van der Waals surface area contributed by atoms with Crippen molar-refractivity contribution in [1.82, 2.24) is 29.9 Å². The third-order valence-electron chi connectivity index (χ3n) is 7.07. The number of ether oxygens (including phenoxy) is 3. The Balaban J connectivity index is 1.57. The molecule has 3 aromatic rings. The number of anilines is 3. The van der Waals surface area contributed by atoms with E-state index < -0.39 is 0 Å². The third kappa shape index (κ3) is 5.38. The van der Waals surface area contributed by atoms with E-state index in [0.29, 0.717) is 62.6 Å². The molecule has 0 bridgehead atoms. The predicted molar refractivity (Wildman–Crippen MR) is 140 cm³/mol. The van der Waals surface area contributed by atoms with Crippen molar-refractivity contribution >= 4 is 28.7 Å². The zero-order valence-corrected chi connectivity index (χ0v) is 21.7. The molecule has 13 nitrogen and oxygen atoms in total. The Morgan fingerprint density at radius 2 is 1.76 bits per heavy atom. The minimum absolute atomic E-state index is 0.215. The first kappa shape index (κ1) is 25.4. The SMILES string of the molecule is COCCN(CCOC)c1nc(N2CCC(OC)CC2)c2nc(N3CCc4nc[nH]c4C3)[nH]c(=O)c2n1. The summed E-state index contributed by atoms with van der Waals surface area (Å²) in [5.74, 6) is 1.64. The van der Waals surface area contributed by atoms with E-state index in [0.717, 1.165) is 43.7 Å². The molecule has 0 aliphatic carbocycles. The highest BCUT2D eigenvalue weighted by Crippen LogP contribution is 2.29. The minimum Gasteiger partial charge on any atom is -0.383 e. The van der Waals surface area contributed by atoms with Gasteiger partial charge in [-0.25, -0.2) is 15.0 Å². The van der Waals surface area contributed by atoms with E-state index in [4.69, 9.17) is 29.2 Å². The summed E-state index contributed by atoms with van der Waals surface area (Å²) in [7, 11) is 5.06. The van der Waals surface area contributed by atoms with E-state index in [1.165, 1.54) is 0 Å². The van der Waals surface area contributed by atoms with Crippen molar-refractivity contribution in [1.29, 1.82) is 0 Å². The van der Waals surface area contributed by atoms with Crippen LogP contribution in [0, 0.1) is 0 Å². The second kappa shape index (κ2) is 11.4. The molecule has 0 unspecified atom stereocenters. The molecule has 37 heavy (non-hydrogen) atoms. The molecule has 200 valence electrons. The molecule has 0 saturated carbocycles. The minimum atomic E-state index is -0.287. The summed E-state index contributed by atoms with van der Waals surface area (Å²) < 4.78 is 16.2. The molecule has 0 radical (unpaired) electrons. The Hall–Kier alpha value is -3.29. The van der Waals surface area contributed by atoms with Gasteiger partial charge < -0.3 is 33.9 Å². The summed E-state index contributed by atoms with van der Waals surface area (Å²) in [5.41, 5.74) is 2.59. The zero-order chi connectivity index (χ0) is 25.8. The smallest absolute Gasteiger partial charge is 0.279 e. The van der Waals surface area contributed by atoms with Crippen LogP contribution < -0.4 is 20.3 Å². The summed E-state index contributed by atoms with van der Waals surface area (Å²) in [6.07, 6.45) is 4.45. The normalized spacial score (nSPS) is 16.4. The number of rotatable bonds is 10. The molecule has 0 atom stereocenters. The number of hydrogen-bond donors (Lipinski definition) is 2. The van der Waals surface area contributed by atoms with E-state index in [9.17, 15) is 4.79 Å². The maximum Gasteiger partial charge on any atom is 0.279 e. The van der Waals surface area contributed by atoms with Crippen molar-refractivity contribution in [2.75, 3.05) is 82.0 Å². The average molecular weight is 514 g/mol. The van der Waals surface area contributed by atoms with Crippen LogP contribution in [-0.2, 0) is 27.2 Å². The van der Waals surface area contributed by atoms with Gasteiger partial charge in [-0.15, -0.1) is 0 Å². The van der Waals surface area contributed by atoms with Gasteiger partial charge in [0.25, 0.3) is 5.56 Å². The van der Waals surface area contributed by atoms with Crippen molar-refractivity contribution in [2.24, 2.45) is 0 Å². The Morgan fingerprint density at radius 1 is 1.00 bits per heavy atom. The molecule has 5 heterocycles. The molecule has 5 rings (SSSR count). The lowest BCUT2D eigenvalue weighted by atomic mass is 10.1. The van der Waals surface area contributed by atoms with Crippen LogP contribution in [0.3, 0.4) is 0 Å². The fraction of sp³-hybridized carbons (Fsp3) is 0.625. The lowest BCUT2D eigenvalue weighted by molar-refractivity contribution is 0.0818. The van der Waals surface area contributed by atoms with Crippen molar-refractivity contribution in [2.45, 2.75) is 31.9 Å². The van der Waals surface area contributed by atoms with Gasteiger partial charge in [-0.1, -0.05) is 0 Å². The maximum absolute atomic E-state index is 13.4. The van der Waals surface area contributed by atoms with Gasteiger partial charge in [-0.05, 0) is 12.8 Å². The predicted octanol–water partition coefficient (Wildman–Crippen LogP) is 0.713. The number of imidazole rings is 1. The molecule has 2 aliphatic heterocycles. The Morgan fingerprint density at radius 3 is 2.46 bits per heavy atom. The summed E-state index contributed by atoms with van der Waals surface area (Å²) in [6.45, 7) is 4.95. The molecule has 13 heteroatoms. The van der Waals surface area contributed by atoms with Crippen LogP contribution in [0.4, 0.5) is 17.7 Å². The third-order valence-corrected chi connectivity index (χ3v) is 7.07. The van der Waals surface area contributed by atoms with Gasteiger partial charge in [0.15, 0.2) is 11.3 Å². The Kier molecular flexibility index (Phi) is 7.82. The number of nitrogens with one attached hydrogen (secondary N) is 2. The summed E-state index contributed by atoms with van der Waals surface area (Å²) >= 11 is 0. The largest absolute Gasteiger partial charge is 0.383 e. The lowest BCUT2D eigenvalue weighted by Gasteiger charge is -2.33. The fourth-order valence-corrected chi connectivity index (χ4v) is 4.91. The first-order valence-corrected chi connectivity index (χ1v) is 12.7. The van der Waals surface area contributed by atoms with Crippen molar-refractivity contribution in [3.05, 3.63) is 28.1 Å². The van der Waals surface area contributed by atoms with Gasteiger partial charge in [0.1, 0.15) is 5.52 Å². The Labute approximate surface area is 215 Å². The van der Waals surface area contributed by atoms with Crippen LogP contribution in [-0.4, -0.2) is 103 Å². The topological polar surface area (TPSA) is 138 Å². The monoisotopic (exact) mass is 513 g/mol. The molecular formula is C24H35N9O4. The molecule has 2 aliphatic rings. The number of aromatic nitrogens is 6. The van der Waals surface area contributed by atoms with Crippen LogP contribution in [0.5, 0.6) is 0 Å². The number of methoxy groups -OCH3 is 3. The zero-order valence-electron chi connectivity index (χ0n) is 21.7. The summed E-state index contributed by atoms with van der Waals surface area (Å²) in [4.78, 5) is 44.8. The van der Waals surface area contributed by atoms with Gasteiger partial charge >= 0.3 is 0 Å². The molecule has 1 saturated heterocycles. The van der Waals surface area contributed by atoms with E-state index in [-0.39, 0.29) is 17.2 Å². The van der Waals surface area contributed by atoms with Crippen molar-refractivity contribution in [3.8, 4) is 0 Å². The molecule has 0 amide bonds. The number of H-pyrrole nitrogens is 2. The van der Waals surface area contributed by atoms with Crippen LogP contribution in [0.15, 0.2) is 11.1 Å². The van der Waals surface area contributed by atoms with Crippen LogP contribution in [0.25, 0.3) is 11.0 Å². The molecule has 3 aromatic heterocycles. The van der Waals surface area contributed by atoms with Crippen LogP contribution in [0.1, 0.15) is 24.2 Å². The first-order chi connectivity index (χ1) is 18.1. The van der Waals surface area contributed by atoms with Gasteiger partial charge in [0.2, 0.25) is 11.9 Å². The highest BCUT2D eigenvalue weighted by atomic mass is 16.5. The fourth-order valence-electron chi connectivity index (χ4n) is 4.91. The molecule has 0 spiro atoms. The van der Waals surface area contributed by atoms with E-state index in [2.05, 4.69) is 24.8 Å². The van der Waals surface area contributed by atoms with Crippen LogP contribution in [0.2, 0.25) is 0 Å². The van der Waals surface area contributed by atoms with E-state index in [1.807, 2.05) is 4.90 Å². The maximum atomic E-state index is 13.4. The highest BCUT2D eigenvalue weighted by Gasteiger charge is 2.27. The molecular weight excluding hydrogens is 478 g/mol. The van der Waals surface area contributed by atoms with Gasteiger partial charge in [0.05, 0.1) is 43.6 Å². The summed E-state index contributed by atoms with van der Waals surface area (Å²) in [6, 6.07) is 0. The number of aromatic amines is 2. The molecule has 0 aromatic carbocycles. The van der Waals surface area contributed by atoms with Gasteiger partial charge in [-0.3, -0.25) is 9.78 Å². The van der Waals surface area contributed by atoms with Crippen molar-refractivity contribution in [3.63, 3.8) is 0 Å². The molecule has 2 N–H and O–H groups in total. The first-order valence-electron chi connectivity index (χ1n) is 12.7. The van der Waals surface area contributed by atoms with Gasteiger partial charge in [-0.2, -0.15) is 4.98 Å². The highest BCUT2D eigenvalue weighted by molar-refractivity contribution is 5.87. The summed E-state index contributed by atoms with van der Waals surface area (Å²) in [5, 5.41) is 0. The van der Waals surface area contributed by atoms with Crippen molar-refractivity contribution < 1.29 is 14.2 Å².